The van der Waals surface area contributed by atoms with E-state index in [1.54, 1.807) is 55.0 Å². The summed E-state index contributed by atoms with van der Waals surface area (Å²) in [4.78, 5) is 20.2. The van der Waals surface area contributed by atoms with Crippen LogP contribution in [0, 0.1) is 0 Å². The molecule has 0 bridgehead atoms. The lowest BCUT2D eigenvalue weighted by Crippen LogP contribution is -2.20. The number of rotatable bonds is 7. The molecule has 0 aliphatic heterocycles. The van der Waals surface area contributed by atoms with E-state index < -0.39 is 0 Å². The van der Waals surface area contributed by atoms with Gasteiger partial charge in [-0.1, -0.05) is 11.6 Å². The lowest BCUT2D eigenvalue weighted by molar-refractivity contribution is -0.118. The lowest BCUT2D eigenvalue weighted by atomic mass is 10.3. The number of pyridine rings is 2. The zero-order chi connectivity index (χ0) is 18.2. The molecular weight excluding hydrogens is 352 g/mol. The number of hydrogen-bond donors (Lipinski definition) is 2. The third-order valence-electron chi connectivity index (χ3n) is 3.45. The summed E-state index contributed by atoms with van der Waals surface area (Å²) in [5, 5.41) is 6.56. The van der Waals surface area contributed by atoms with E-state index in [2.05, 4.69) is 20.6 Å². The van der Waals surface area contributed by atoms with E-state index in [0.717, 1.165) is 11.4 Å². The zero-order valence-corrected chi connectivity index (χ0v) is 14.6. The number of nitrogens with one attached hydrogen (secondary N) is 2. The van der Waals surface area contributed by atoms with Crippen LogP contribution in [-0.2, 0) is 11.3 Å². The van der Waals surface area contributed by atoms with Crippen molar-refractivity contribution in [1.29, 1.82) is 0 Å². The molecular formula is C19H17ClN4O2. The molecule has 0 spiro atoms. The molecule has 0 saturated carbocycles. The molecule has 6 nitrogen and oxygen atoms in total. The molecule has 1 aromatic carbocycles. The molecule has 0 aliphatic carbocycles. The van der Waals surface area contributed by atoms with Crippen LogP contribution in [0.15, 0.2) is 67.1 Å². The highest BCUT2D eigenvalue weighted by atomic mass is 35.5. The van der Waals surface area contributed by atoms with Crippen molar-refractivity contribution >= 4 is 29.0 Å². The van der Waals surface area contributed by atoms with E-state index in [1.165, 1.54) is 0 Å². The number of aromatic nitrogens is 2. The zero-order valence-electron chi connectivity index (χ0n) is 13.9. The van der Waals surface area contributed by atoms with Gasteiger partial charge < -0.3 is 15.4 Å². The van der Waals surface area contributed by atoms with Gasteiger partial charge in [0.1, 0.15) is 11.6 Å². The highest BCUT2D eigenvalue weighted by Crippen LogP contribution is 2.16. The lowest BCUT2D eigenvalue weighted by Gasteiger charge is -2.09. The maximum absolute atomic E-state index is 11.9. The molecule has 0 saturated heterocycles. The standard InChI is InChI=1S/C19H17ClN4O2/c20-15-1-4-17(5-2-15)26-13-19(25)24-16-3-6-18(23-12-16)22-11-14-7-9-21-10-8-14/h1-10,12H,11,13H2,(H,22,23)(H,24,25). The Balaban J connectivity index is 1.45. The summed E-state index contributed by atoms with van der Waals surface area (Å²) in [6.45, 7) is 0.555. The predicted octanol–water partition coefficient (Wildman–Crippen LogP) is 3.76. The van der Waals surface area contributed by atoms with Gasteiger partial charge in [0.15, 0.2) is 6.61 Å². The Hall–Kier alpha value is -3.12. The molecule has 0 aliphatic rings. The van der Waals surface area contributed by atoms with Crippen LogP contribution in [0.5, 0.6) is 5.75 Å². The Morgan fingerprint density at radius 1 is 1.04 bits per heavy atom. The van der Waals surface area contributed by atoms with Gasteiger partial charge in [0.25, 0.3) is 5.91 Å². The summed E-state index contributed by atoms with van der Waals surface area (Å²) in [7, 11) is 0. The third kappa shape index (κ3) is 5.46. The molecule has 3 aromatic rings. The van der Waals surface area contributed by atoms with Crippen LogP contribution in [0.2, 0.25) is 5.02 Å². The molecule has 0 atom stereocenters. The Morgan fingerprint density at radius 3 is 2.50 bits per heavy atom. The smallest absolute Gasteiger partial charge is 0.262 e. The number of benzene rings is 1. The highest BCUT2D eigenvalue weighted by Gasteiger charge is 2.05. The fourth-order valence-corrected chi connectivity index (χ4v) is 2.27. The van der Waals surface area contributed by atoms with Crippen LogP contribution in [-0.4, -0.2) is 22.5 Å². The van der Waals surface area contributed by atoms with Crippen molar-refractivity contribution in [1.82, 2.24) is 9.97 Å². The fourth-order valence-electron chi connectivity index (χ4n) is 2.14. The number of hydrogen-bond acceptors (Lipinski definition) is 5. The number of halogens is 1. The van der Waals surface area contributed by atoms with Crippen LogP contribution in [0.3, 0.4) is 0 Å². The van der Waals surface area contributed by atoms with Crippen LogP contribution < -0.4 is 15.4 Å². The first kappa shape index (κ1) is 17.7. The Morgan fingerprint density at radius 2 is 1.81 bits per heavy atom. The Labute approximate surface area is 156 Å². The van der Waals surface area contributed by atoms with E-state index in [4.69, 9.17) is 16.3 Å². The molecule has 26 heavy (non-hydrogen) atoms. The largest absolute Gasteiger partial charge is 0.484 e. The molecule has 7 heteroatoms. The molecule has 0 fully saturated rings. The first-order chi connectivity index (χ1) is 12.7. The van der Waals surface area contributed by atoms with Crippen LogP contribution in [0.4, 0.5) is 11.5 Å². The summed E-state index contributed by atoms with van der Waals surface area (Å²) in [5.74, 6) is 1.04. The number of amides is 1. The number of carbonyl (C=O) groups is 1. The Bertz CT molecular complexity index is 840. The molecule has 3 rings (SSSR count). The van der Waals surface area contributed by atoms with E-state index in [-0.39, 0.29) is 12.5 Å². The van der Waals surface area contributed by atoms with Gasteiger partial charge >= 0.3 is 0 Å². The minimum absolute atomic E-state index is 0.0936. The second-order valence-electron chi connectivity index (χ2n) is 5.43. The van der Waals surface area contributed by atoms with Gasteiger partial charge in [0.2, 0.25) is 0 Å². The van der Waals surface area contributed by atoms with E-state index >= 15 is 0 Å². The van der Waals surface area contributed by atoms with Crippen LogP contribution >= 0.6 is 11.6 Å². The van der Waals surface area contributed by atoms with Gasteiger partial charge in [-0.25, -0.2) is 4.98 Å². The van der Waals surface area contributed by atoms with Crippen LogP contribution in [0.1, 0.15) is 5.56 Å². The fraction of sp³-hybridized carbons (Fsp3) is 0.105. The predicted molar refractivity (Wildman–Crippen MR) is 101 cm³/mol. The van der Waals surface area contributed by atoms with E-state index in [0.29, 0.717) is 23.0 Å². The molecule has 2 aromatic heterocycles. The second kappa shape index (κ2) is 8.82. The first-order valence-corrected chi connectivity index (χ1v) is 8.34. The van der Waals surface area contributed by atoms with Crippen molar-refractivity contribution in [2.75, 3.05) is 17.2 Å². The number of ether oxygens (including phenoxy) is 1. The average Bonchev–Trinajstić information content (AvgIpc) is 2.68. The minimum atomic E-state index is -0.265. The summed E-state index contributed by atoms with van der Waals surface area (Å²) >= 11 is 5.80. The van der Waals surface area contributed by atoms with Gasteiger partial charge in [-0.2, -0.15) is 0 Å². The quantitative estimate of drug-likeness (QED) is 0.664. The summed E-state index contributed by atoms with van der Waals surface area (Å²) < 4.78 is 5.40. The van der Waals surface area contributed by atoms with Gasteiger partial charge in [-0.05, 0) is 54.1 Å². The van der Waals surface area contributed by atoms with Crippen molar-refractivity contribution in [2.24, 2.45) is 0 Å². The molecule has 2 heterocycles. The van der Waals surface area contributed by atoms with Gasteiger partial charge in [0.05, 0.1) is 11.9 Å². The normalized spacial score (nSPS) is 10.2. The van der Waals surface area contributed by atoms with Gasteiger partial charge in [-0.3, -0.25) is 9.78 Å². The van der Waals surface area contributed by atoms with Crippen molar-refractivity contribution < 1.29 is 9.53 Å². The van der Waals surface area contributed by atoms with Crippen molar-refractivity contribution in [3.8, 4) is 5.75 Å². The summed E-state index contributed by atoms with van der Waals surface area (Å²) in [5.41, 5.74) is 1.71. The second-order valence-corrected chi connectivity index (χ2v) is 5.87. The van der Waals surface area contributed by atoms with Crippen molar-refractivity contribution in [2.45, 2.75) is 6.54 Å². The molecule has 2 N–H and O–H groups in total. The van der Waals surface area contributed by atoms with Gasteiger partial charge in [-0.15, -0.1) is 0 Å². The molecule has 132 valence electrons. The van der Waals surface area contributed by atoms with Crippen molar-refractivity contribution in [3.63, 3.8) is 0 Å². The Kier molecular flexibility index (Phi) is 6.01. The molecule has 0 radical (unpaired) electrons. The monoisotopic (exact) mass is 368 g/mol. The molecule has 0 unspecified atom stereocenters. The number of nitrogens with zero attached hydrogens (tertiary/aromatic N) is 2. The highest BCUT2D eigenvalue weighted by molar-refractivity contribution is 6.30. The van der Waals surface area contributed by atoms with Gasteiger partial charge in [0, 0.05) is 24.0 Å². The number of carbonyl (C=O) groups excluding carboxylic acids is 1. The topological polar surface area (TPSA) is 76.1 Å². The average molecular weight is 369 g/mol. The maximum atomic E-state index is 11.9. The van der Waals surface area contributed by atoms with Crippen molar-refractivity contribution in [3.05, 3.63) is 77.7 Å². The SMILES string of the molecule is O=C(COc1ccc(Cl)cc1)Nc1ccc(NCc2ccncc2)nc1. The van der Waals surface area contributed by atoms with Crippen LogP contribution in [0.25, 0.3) is 0 Å². The molecule has 1 amide bonds. The van der Waals surface area contributed by atoms with E-state index in [1.807, 2.05) is 12.1 Å². The first-order valence-electron chi connectivity index (χ1n) is 7.96. The van der Waals surface area contributed by atoms with E-state index in [9.17, 15) is 4.79 Å². The minimum Gasteiger partial charge on any atom is -0.484 e. The summed E-state index contributed by atoms with van der Waals surface area (Å²) in [6.07, 6.45) is 5.08. The maximum Gasteiger partial charge on any atom is 0.262 e. The third-order valence-corrected chi connectivity index (χ3v) is 3.71. The summed E-state index contributed by atoms with van der Waals surface area (Å²) in [6, 6.07) is 14.3. The number of anilines is 2.